The Morgan fingerprint density at radius 1 is 0.700 bits per heavy atom. The van der Waals surface area contributed by atoms with E-state index in [1.807, 2.05) is 24.3 Å². The van der Waals surface area contributed by atoms with Crippen molar-refractivity contribution in [1.29, 1.82) is 0 Å². The lowest BCUT2D eigenvalue weighted by Crippen LogP contribution is -1.76. The molecule has 0 aliphatic carbocycles. The Balaban J connectivity index is 2.40. The Labute approximate surface area is 115 Å². The molecule has 0 spiro atoms. The van der Waals surface area contributed by atoms with Crippen LogP contribution in [-0.2, 0) is 9.59 Å². The Morgan fingerprint density at radius 3 is 1.50 bits per heavy atom. The average molecular weight is 262 g/mol. The third kappa shape index (κ3) is 3.24. The van der Waals surface area contributed by atoms with Crippen LogP contribution in [0.4, 0.5) is 11.4 Å². The molecule has 0 bridgehead atoms. The maximum Gasteiger partial charge on any atom is 0.240 e. The fraction of sp³-hybridized carbons (Fsp3) is 0. The molecule has 20 heavy (non-hydrogen) atoms. The van der Waals surface area contributed by atoms with E-state index in [2.05, 4.69) is 9.98 Å². The van der Waals surface area contributed by atoms with E-state index in [1.54, 1.807) is 36.4 Å². The summed E-state index contributed by atoms with van der Waals surface area (Å²) >= 11 is 0. The fourth-order valence-electron chi connectivity index (χ4n) is 1.74. The summed E-state index contributed by atoms with van der Waals surface area (Å²) in [6, 6.07) is 14.4. The Kier molecular flexibility index (Phi) is 4.52. The van der Waals surface area contributed by atoms with Crippen molar-refractivity contribution in [2.45, 2.75) is 0 Å². The number of para-hydroxylation sites is 2. The molecule has 0 radical (unpaired) electrons. The van der Waals surface area contributed by atoms with Gasteiger partial charge in [-0.3, -0.25) is 0 Å². The van der Waals surface area contributed by atoms with Gasteiger partial charge in [0.1, 0.15) is 0 Å². The molecule has 2 rings (SSSR count). The van der Waals surface area contributed by atoms with Gasteiger partial charge in [0.2, 0.25) is 12.2 Å². The number of hydrogen-bond acceptors (Lipinski definition) is 4. The molecule has 0 heterocycles. The average Bonchev–Trinajstić information content (AvgIpc) is 2.48. The molecular weight excluding hydrogens is 252 g/mol. The molecule has 0 aliphatic rings. The number of isocyanates is 2. The predicted octanol–water partition coefficient (Wildman–Crippen LogP) is 3.79. The zero-order valence-electron chi connectivity index (χ0n) is 10.5. The molecule has 4 heteroatoms. The molecule has 96 valence electrons. The van der Waals surface area contributed by atoms with Crippen LogP contribution in [-0.4, -0.2) is 12.2 Å². The number of carbonyl (C=O) groups excluding carboxylic acids is 2. The van der Waals surface area contributed by atoms with E-state index in [0.717, 1.165) is 11.1 Å². The number of benzene rings is 2. The minimum atomic E-state index is 0.537. The summed E-state index contributed by atoms with van der Waals surface area (Å²) in [5, 5.41) is 0. The Morgan fingerprint density at radius 2 is 1.10 bits per heavy atom. The quantitative estimate of drug-likeness (QED) is 0.478. The first-order valence-corrected chi connectivity index (χ1v) is 5.87. The van der Waals surface area contributed by atoms with Crippen molar-refractivity contribution in [1.82, 2.24) is 0 Å². The van der Waals surface area contributed by atoms with Gasteiger partial charge in [-0.05, 0) is 12.1 Å². The lowest BCUT2D eigenvalue weighted by atomic mass is 10.1. The highest BCUT2D eigenvalue weighted by Crippen LogP contribution is 2.24. The summed E-state index contributed by atoms with van der Waals surface area (Å²) in [6.07, 6.45) is 6.65. The molecule has 0 aliphatic heterocycles. The molecule has 0 atom stereocenters. The lowest BCUT2D eigenvalue weighted by molar-refractivity contribution is 0.564. The largest absolute Gasteiger partial charge is 0.240 e. The van der Waals surface area contributed by atoms with Gasteiger partial charge < -0.3 is 0 Å². The minimum Gasteiger partial charge on any atom is -0.211 e. The highest BCUT2D eigenvalue weighted by molar-refractivity contribution is 5.80. The maximum absolute atomic E-state index is 10.4. The molecule has 0 fully saturated rings. The van der Waals surface area contributed by atoms with Crippen molar-refractivity contribution in [3.8, 4) is 0 Å². The third-order valence-corrected chi connectivity index (χ3v) is 2.65. The van der Waals surface area contributed by atoms with Gasteiger partial charge in [0, 0.05) is 11.1 Å². The first-order valence-electron chi connectivity index (χ1n) is 5.87. The van der Waals surface area contributed by atoms with Crippen LogP contribution in [0.25, 0.3) is 12.2 Å². The van der Waals surface area contributed by atoms with Crippen molar-refractivity contribution < 1.29 is 9.59 Å². The monoisotopic (exact) mass is 262 g/mol. The van der Waals surface area contributed by atoms with Crippen LogP contribution < -0.4 is 0 Å². The van der Waals surface area contributed by atoms with Gasteiger partial charge in [-0.25, -0.2) is 9.59 Å². The molecule has 0 N–H and O–H groups in total. The van der Waals surface area contributed by atoms with E-state index in [0.29, 0.717) is 11.4 Å². The van der Waals surface area contributed by atoms with Crippen molar-refractivity contribution >= 4 is 35.7 Å². The normalized spacial score (nSPS) is 9.80. The van der Waals surface area contributed by atoms with Crippen molar-refractivity contribution in [2.75, 3.05) is 0 Å². The molecule has 0 aromatic heterocycles. The van der Waals surface area contributed by atoms with Crippen LogP contribution in [0.2, 0.25) is 0 Å². The zero-order chi connectivity index (χ0) is 14.2. The van der Waals surface area contributed by atoms with Gasteiger partial charge in [-0.1, -0.05) is 48.6 Å². The molecule has 2 aromatic carbocycles. The number of nitrogens with zero attached hydrogens (tertiary/aromatic N) is 2. The smallest absolute Gasteiger partial charge is 0.211 e. The molecular formula is C16H10N2O2. The van der Waals surface area contributed by atoms with Crippen LogP contribution in [0, 0.1) is 0 Å². The van der Waals surface area contributed by atoms with E-state index < -0.39 is 0 Å². The van der Waals surface area contributed by atoms with Crippen molar-refractivity contribution in [3.05, 3.63) is 59.7 Å². The summed E-state index contributed by atoms with van der Waals surface area (Å²) in [5.74, 6) is 0. The van der Waals surface area contributed by atoms with Gasteiger partial charge >= 0.3 is 0 Å². The van der Waals surface area contributed by atoms with Crippen LogP contribution in [0.15, 0.2) is 58.5 Å². The minimum absolute atomic E-state index is 0.537. The number of hydrogen-bond donors (Lipinski definition) is 0. The number of aliphatic imine (C=N–C) groups is 2. The Hall–Kier alpha value is -3.06. The summed E-state index contributed by atoms with van der Waals surface area (Å²) in [5.41, 5.74) is 2.63. The molecule has 0 unspecified atom stereocenters. The second-order valence-electron chi connectivity index (χ2n) is 3.86. The maximum atomic E-state index is 10.4. The van der Waals surface area contributed by atoms with E-state index in [-0.39, 0.29) is 0 Å². The molecule has 4 nitrogen and oxygen atoms in total. The zero-order valence-corrected chi connectivity index (χ0v) is 10.5. The molecule has 0 saturated heterocycles. The van der Waals surface area contributed by atoms with Crippen molar-refractivity contribution in [3.63, 3.8) is 0 Å². The van der Waals surface area contributed by atoms with Crippen LogP contribution in [0.3, 0.4) is 0 Å². The number of rotatable bonds is 4. The summed E-state index contributed by atoms with van der Waals surface area (Å²) in [6.45, 7) is 0. The van der Waals surface area contributed by atoms with Gasteiger partial charge in [0.15, 0.2) is 0 Å². The second-order valence-corrected chi connectivity index (χ2v) is 3.86. The second kappa shape index (κ2) is 6.76. The van der Waals surface area contributed by atoms with Crippen LogP contribution in [0.5, 0.6) is 0 Å². The van der Waals surface area contributed by atoms with Gasteiger partial charge in [0.05, 0.1) is 11.4 Å². The van der Waals surface area contributed by atoms with Crippen LogP contribution >= 0.6 is 0 Å². The van der Waals surface area contributed by atoms with E-state index >= 15 is 0 Å². The van der Waals surface area contributed by atoms with Crippen LogP contribution in [0.1, 0.15) is 11.1 Å². The van der Waals surface area contributed by atoms with E-state index in [1.165, 1.54) is 12.2 Å². The molecule has 2 aromatic rings. The van der Waals surface area contributed by atoms with Gasteiger partial charge in [-0.15, -0.1) is 0 Å². The first-order chi connectivity index (χ1) is 9.85. The highest BCUT2D eigenvalue weighted by Gasteiger charge is 1.98. The van der Waals surface area contributed by atoms with E-state index in [9.17, 15) is 9.59 Å². The summed E-state index contributed by atoms with van der Waals surface area (Å²) in [7, 11) is 0. The molecule has 0 amide bonds. The summed E-state index contributed by atoms with van der Waals surface area (Å²) < 4.78 is 0. The highest BCUT2D eigenvalue weighted by atomic mass is 16.1. The first kappa shape index (κ1) is 13.4. The third-order valence-electron chi connectivity index (χ3n) is 2.65. The Bertz CT molecular complexity index is 674. The van der Waals surface area contributed by atoms with E-state index in [4.69, 9.17) is 0 Å². The lowest BCUT2D eigenvalue weighted by Gasteiger charge is -2.00. The van der Waals surface area contributed by atoms with Gasteiger partial charge in [-0.2, -0.15) is 9.98 Å². The standard InChI is InChI=1S/C16H10N2O2/c19-11-17-15-7-3-1-5-13(15)9-10-14-6-2-4-8-16(14)18-12-20/h1-10H. The fourth-order valence-corrected chi connectivity index (χ4v) is 1.74. The molecule has 0 saturated carbocycles. The SMILES string of the molecule is O=C=Nc1ccccc1C=Cc1ccccc1N=C=O. The topological polar surface area (TPSA) is 58.9 Å². The summed E-state index contributed by atoms with van der Waals surface area (Å²) in [4.78, 5) is 28.0. The van der Waals surface area contributed by atoms with Gasteiger partial charge in [0.25, 0.3) is 0 Å². The van der Waals surface area contributed by atoms with Crippen molar-refractivity contribution in [2.24, 2.45) is 9.98 Å². The predicted molar refractivity (Wildman–Crippen MR) is 77.4 cm³/mol.